The van der Waals surface area contributed by atoms with Crippen LogP contribution >= 0.6 is 0 Å². The van der Waals surface area contributed by atoms with Gasteiger partial charge < -0.3 is 14.1 Å². The number of rotatable bonds is 7. The van der Waals surface area contributed by atoms with E-state index in [1.54, 1.807) is 16.7 Å². The molecule has 3 aromatic heterocycles. The Hall–Kier alpha value is -4.88. The van der Waals surface area contributed by atoms with Crippen molar-refractivity contribution in [1.82, 2.24) is 24.7 Å². The Labute approximate surface area is 230 Å². The van der Waals surface area contributed by atoms with Crippen molar-refractivity contribution in [2.75, 3.05) is 5.06 Å². The Morgan fingerprint density at radius 1 is 1.05 bits per heavy atom. The SMILES string of the molecule is CC(C)n1cnnc1-c1cccc(N(OC(=O)C(F)(F)F)C(=O)c2cc(Oc3cccc(C4CC4)n3)ccc2F)n1. The Bertz CT molecular complexity index is 1600. The number of hydrogen-bond donors (Lipinski definition) is 0. The molecule has 4 aromatic rings. The average Bonchev–Trinajstić information content (AvgIpc) is 3.67. The third-order valence-corrected chi connectivity index (χ3v) is 6.02. The van der Waals surface area contributed by atoms with Gasteiger partial charge in [-0.3, -0.25) is 4.79 Å². The van der Waals surface area contributed by atoms with E-state index in [0.717, 1.165) is 36.7 Å². The first-order valence-corrected chi connectivity index (χ1v) is 12.5. The Morgan fingerprint density at radius 3 is 2.51 bits per heavy atom. The van der Waals surface area contributed by atoms with Crippen molar-refractivity contribution < 1.29 is 36.7 Å². The highest BCUT2D eigenvalue weighted by Crippen LogP contribution is 2.39. The first-order chi connectivity index (χ1) is 19.5. The molecule has 5 rings (SSSR count). The number of hydroxylamine groups is 1. The number of halogens is 4. The van der Waals surface area contributed by atoms with Crippen molar-refractivity contribution in [2.45, 2.75) is 44.8 Å². The molecule has 212 valence electrons. The van der Waals surface area contributed by atoms with Crippen LogP contribution < -0.4 is 9.80 Å². The van der Waals surface area contributed by atoms with Crippen LogP contribution in [0.4, 0.5) is 23.4 Å². The molecule has 41 heavy (non-hydrogen) atoms. The summed E-state index contributed by atoms with van der Waals surface area (Å²) in [5, 5.41) is 7.77. The van der Waals surface area contributed by atoms with Crippen molar-refractivity contribution >= 4 is 17.7 Å². The molecule has 1 aromatic carbocycles. The van der Waals surface area contributed by atoms with E-state index in [1.165, 1.54) is 24.5 Å². The number of carbonyl (C=O) groups excluding carboxylic acids is 2. The van der Waals surface area contributed by atoms with Gasteiger partial charge in [0.15, 0.2) is 11.6 Å². The monoisotopic (exact) mass is 570 g/mol. The molecule has 1 fully saturated rings. The summed E-state index contributed by atoms with van der Waals surface area (Å²) in [6.45, 7) is 3.68. The highest BCUT2D eigenvalue weighted by Gasteiger charge is 2.44. The standard InChI is InChI=1S/C27H22F4N6O4/c1-15(2)36-14-32-35-24(36)21-6-3-7-22(33-21)37(41-26(39)27(29,30)31)25(38)18-13-17(11-12-19(18)28)40-23-8-4-5-20(34-23)16-9-10-16/h3-8,11-16H,9-10H2,1-2H3. The molecule has 14 heteroatoms. The molecule has 0 bridgehead atoms. The number of amides is 1. The summed E-state index contributed by atoms with van der Waals surface area (Å²) in [5.74, 6) is -5.07. The van der Waals surface area contributed by atoms with Crippen molar-refractivity contribution in [1.29, 1.82) is 0 Å². The summed E-state index contributed by atoms with van der Waals surface area (Å²) < 4.78 is 61.7. The topological polar surface area (TPSA) is 112 Å². The summed E-state index contributed by atoms with van der Waals surface area (Å²) in [7, 11) is 0. The molecule has 0 aliphatic heterocycles. The maximum Gasteiger partial charge on any atom is 0.493 e. The van der Waals surface area contributed by atoms with Gasteiger partial charge in [-0.25, -0.2) is 19.2 Å². The van der Waals surface area contributed by atoms with E-state index in [2.05, 4.69) is 25.0 Å². The summed E-state index contributed by atoms with van der Waals surface area (Å²) in [6, 6.07) is 12.1. The van der Waals surface area contributed by atoms with Gasteiger partial charge >= 0.3 is 12.1 Å². The van der Waals surface area contributed by atoms with Gasteiger partial charge in [0.1, 0.15) is 23.6 Å². The Balaban J connectivity index is 1.50. The highest BCUT2D eigenvalue weighted by molar-refractivity contribution is 6.05. The Kier molecular flexibility index (Phi) is 7.39. The minimum Gasteiger partial charge on any atom is -0.439 e. The molecule has 1 amide bonds. The molecule has 0 atom stereocenters. The molecular weight excluding hydrogens is 548 g/mol. The van der Waals surface area contributed by atoms with Gasteiger partial charge in [0.2, 0.25) is 5.88 Å². The number of ether oxygens (including phenoxy) is 1. The fourth-order valence-corrected chi connectivity index (χ4v) is 3.85. The zero-order valence-corrected chi connectivity index (χ0v) is 21.7. The summed E-state index contributed by atoms with van der Waals surface area (Å²) >= 11 is 0. The molecule has 1 aliphatic carbocycles. The van der Waals surface area contributed by atoms with Crippen molar-refractivity contribution in [3.8, 4) is 23.1 Å². The van der Waals surface area contributed by atoms with Crippen LogP contribution in [-0.2, 0) is 9.63 Å². The lowest BCUT2D eigenvalue weighted by Gasteiger charge is -2.21. The summed E-state index contributed by atoms with van der Waals surface area (Å²) in [6.07, 6.45) is -2.03. The highest BCUT2D eigenvalue weighted by atomic mass is 19.4. The van der Waals surface area contributed by atoms with Gasteiger partial charge in [-0.1, -0.05) is 12.1 Å². The van der Waals surface area contributed by atoms with Gasteiger partial charge in [0.05, 0.1) is 5.56 Å². The number of aromatic nitrogens is 5. The molecule has 0 radical (unpaired) electrons. The van der Waals surface area contributed by atoms with Gasteiger partial charge in [0, 0.05) is 23.7 Å². The van der Waals surface area contributed by atoms with E-state index in [1.807, 2.05) is 19.9 Å². The maximum absolute atomic E-state index is 14.9. The largest absolute Gasteiger partial charge is 0.493 e. The normalized spacial score (nSPS) is 13.2. The molecule has 3 heterocycles. The van der Waals surface area contributed by atoms with Crippen LogP contribution in [0.5, 0.6) is 11.6 Å². The van der Waals surface area contributed by atoms with Crippen LogP contribution in [0.1, 0.15) is 54.7 Å². The minimum atomic E-state index is -5.46. The molecular formula is C27H22F4N6O4. The average molecular weight is 571 g/mol. The van der Waals surface area contributed by atoms with Crippen molar-refractivity contribution in [2.24, 2.45) is 0 Å². The number of alkyl halides is 3. The zero-order valence-electron chi connectivity index (χ0n) is 21.7. The fraction of sp³-hybridized carbons (Fsp3) is 0.259. The Morgan fingerprint density at radius 2 is 1.80 bits per heavy atom. The number of nitrogens with zero attached hydrogens (tertiary/aromatic N) is 6. The summed E-state index contributed by atoms with van der Waals surface area (Å²) in [5.41, 5.74) is 0.188. The van der Waals surface area contributed by atoms with Crippen LogP contribution in [0.15, 0.2) is 60.9 Å². The van der Waals surface area contributed by atoms with Crippen LogP contribution in [0.25, 0.3) is 11.5 Å². The first kappa shape index (κ1) is 27.7. The lowest BCUT2D eigenvalue weighted by atomic mass is 10.2. The van der Waals surface area contributed by atoms with Crippen molar-refractivity contribution in [3.05, 3.63) is 78.0 Å². The van der Waals surface area contributed by atoms with Crippen LogP contribution in [0, 0.1) is 5.82 Å². The second-order valence-corrected chi connectivity index (χ2v) is 9.43. The minimum absolute atomic E-state index is 0.0240. The lowest BCUT2D eigenvalue weighted by Crippen LogP contribution is -2.39. The quantitative estimate of drug-likeness (QED) is 0.203. The van der Waals surface area contributed by atoms with E-state index < -0.39 is 35.3 Å². The molecule has 0 N–H and O–H groups in total. The van der Waals surface area contributed by atoms with Crippen LogP contribution in [0.2, 0.25) is 0 Å². The van der Waals surface area contributed by atoms with Gasteiger partial charge in [0.25, 0.3) is 5.91 Å². The van der Waals surface area contributed by atoms with Gasteiger partial charge in [-0.2, -0.15) is 13.2 Å². The number of pyridine rings is 2. The van der Waals surface area contributed by atoms with Crippen LogP contribution in [-0.4, -0.2) is 42.8 Å². The van der Waals surface area contributed by atoms with Crippen molar-refractivity contribution in [3.63, 3.8) is 0 Å². The predicted octanol–water partition coefficient (Wildman–Crippen LogP) is 5.79. The van der Waals surface area contributed by atoms with Gasteiger partial charge in [-0.15, -0.1) is 15.3 Å². The molecule has 0 unspecified atom stereocenters. The maximum atomic E-state index is 14.9. The second kappa shape index (κ2) is 10.9. The zero-order chi connectivity index (χ0) is 29.3. The van der Waals surface area contributed by atoms with Gasteiger partial charge in [-0.05, 0) is 63.1 Å². The van der Waals surface area contributed by atoms with Crippen LogP contribution in [0.3, 0.4) is 0 Å². The molecule has 10 nitrogen and oxygen atoms in total. The number of anilines is 1. The third-order valence-electron chi connectivity index (χ3n) is 6.02. The number of hydrogen-bond acceptors (Lipinski definition) is 8. The van der Waals surface area contributed by atoms with E-state index in [-0.39, 0.29) is 34.3 Å². The van der Waals surface area contributed by atoms with E-state index in [9.17, 15) is 27.2 Å². The predicted molar refractivity (Wildman–Crippen MR) is 135 cm³/mol. The third kappa shape index (κ3) is 6.15. The summed E-state index contributed by atoms with van der Waals surface area (Å²) in [4.78, 5) is 38.2. The molecule has 0 saturated heterocycles. The fourth-order valence-electron chi connectivity index (χ4n) is 3.85. The van der Waals surface area contributed by atoms with E-state index in [4.69, 9.17) is 4.74 Å². The van der Waals surface area contributed by atoms with E-state index >= 15 is 0 Å². The molecule has 1 saturated carbocycles. The number of benzene rings is 1. The smallest absolute Gasteiger partial charge is 0.439 e. The first-order valence-electron chi connectivity index (χ1n) is 12.5. The molecule has 1 aliphatic rings. The lowest BCUT2D eigenvalue weighted by molar-refractivity contribution is -0.200. The second-order valence-electron chi connectivity index (χ2n) is 9.43. The molecule has 0 spiro atoms. The number of carbonyl (C=O) groups is 2. The van der Waals surface area contributed by atoms with E-state index in [0.29, 0.717) is 5.92 Å².